The van der Waals surface area contributed by atoms with Gasteiger partial charge in [-0.15, -0.1) is 0 Å². The van der Waals surface area contributed by atoms with E-state index in [9.17, 15) is 8.78 Å². The first-order valence-corrected chi connectivity index (χ1v) is 3.54. The van der Waals surface area contributed by atoms with Gasteiger partial charge in [0.15, 0.2) is 0 Å². The second-order valence-electron chi connectivity index (χ2n) is 2.64. The van der Waals surface area contributed by atoms with Crippen LogP contribution < -0.4 is 0 Å². The molecule has 65 valence electrons. The van der Waals surface area contributed by atoms with E-state index in [-0.39, 0.29) is 6.42 Å². The molecule has 1 nitrogen and oxygen atoms in total. The lowest BCUT2D eigenvalue weighted by atomic mass is 10.1. The van der Waals surface area contributed by atoms with E-state index in [4.69, 9.17) is 5.11 Å². The third kappa shape index (κ3) is 2.58. The maximum atomic E-state index is 12.5. The Bertz CT molecular complexity index is 251. The van der Waals surface area contributed by atoms with Gasteiger partial charge in [0, 0.05) is 6.07 Å². The predicted octanol–water partition coefficient (Wildman–Crippen LogP) is 1.70. The van der Waals surface area contributed by atoms with Crippen LogP contribution in [0.4, 0.5) is 8.78 Å². The molecule has 1 N–H and O–H groups in total. The average Bonchev–Trinajstić information content (AvgIpc) is 1.81. The summed E-state index contributed by atoms with van der Waals surface area (Å²) < 4.78 is 25.1. The van der Waals surface area contributed by atoms with Crippen LogP contribution in [-0.4, -0.2) is 11.2 Å². The minimum atomic E-state index is -0.828. The zero-order valence-electron chi connectivity index (χ0n) is 6.43. The van der Waals surface area contributed by atoms with E-state index >= 15 is 0 Å². The third-order valence-electron chi connectivity index (χ3n) is 1.39. The topological polar surface area (TPSA) is 20.2 Å². The van der Waals surface area contributed by atoms with Crippen molar-refractivity contribution in [2.45, 2.75) is 12.5 Å². The summed E-state index contributed by atoms with van der Waals surface area (Å²) >= 11 is 0. The molecule has 0 saturated heterocycles. The monoisotopic (exact) mass is 171 g/mol. The van der Waals surface area contributed by atoms with Gasteiger partial charge >= 0.3 is 0 Å². The van der Waals surface area contributed by atoms with Crippen LogP contribution in [0.25, 0.3) is 0 Å². The number of halogens is 2. The van der Waals surface area contributed by atoms with E-state index in [1.54, 1.807) is 0 Å². The van der Waals surface area contributed by atoms with E-state index in [0.29, 0.717) is 5.56 Å². The van der Waals surface area contributed by atoms with Crippen LogP contribution >= 0.6 is 0 Å². The average molecular weight is 171 g/mol. The lowest BCUT2D eigenvalue weighted by molar-refractivity contribution is 0.221. The van der Waals surface area contributed by atoms with Gasteiger partial charge in [0.05, 0.1) is 6.10 Å². The number of hydrogen-bond donors (Lipinski definition) is 1. The minimum absolute atomic E-state index is 0.161. The van der Waals surface area contributed by atoms with Crippen molar-refractivity contribution in [3.05, 3.63) is 42.3 Å². The molecule has 0 heterocycles. The summed E-state index contributed by atoms with van der Waals surface area (Å²) in [5.41, 5.74) is 0.412. The largest absolute Gasteiger partial charge is 0.393 e. The molecule has 0 saturated carbocycles. The smallest absolute Gasteiger partial charge is 0.126 e. The van der Waals surface area contributed by atoms with Gasteiger partial charge in [0.2, 0.25) is 0 Å². The molecular weight excluding hydrogens is 162 g/mol. The maximum Gasteiger partial charge on any atom is 0.126 e. The Morgan fingerprint density at radius 3 is 2.17 bits per heavy atom. The van der Waals surface area contributed by atoms with Crippen molar-refractivity contribution in [3.63, 3.8) is 0 Å². The first-order chi connectivity index (χ1) is 5.58. The van der Waals surface area contributed by atoms with Crippen molar-refractivity contribution < 1.29 is 13.9 Å². The summed E-state index contributed by atoms with van der Waals surface area (Å²) in [4.78, 5) is 0. The molecule has 0 aliphatic heterocycles. The number of rotatable bonds is 2. The zero-order chi connectivity index (χ0) is 9.14. The van der Waals surface area contributed by atoms with Gasteiger partial charge in [-0.3, -0.25) is 0 Å². The van der Waals surface area contributed by atoms with Gasteiger partial charge in [-0.2, -0.15) is 0 Å². The van der Waals surface area contributed by atoms with E-state index in [2.05, 4.69) is 6.92 Å². The Kier molecular flexibility index (Phi) is 2.76. The fraction of sp³-hybridized carbons (Fsp3) is 0.222. The number of hydrogen-bond acceptors (Lipinski definition) is 1. The highest BCUT2D eigenvalue weighted by Gasteiger charge is 2.03. The highest BCUT2D eigenvalue weighted by Crippen LogP contribution is 2.09. The van der Waals surface area contributed by atoms with Crippen LogP contribution in [0, 0.1) is 18.6 Å². The summed E-state index contributed by atoms with van der Waals surface area (Å²) in [5.74, 6) is -1.27. The zero-order valence-corrected chi connectivity index (χ0v) is 6.43. The Balaban J connectivity index is 2.85. The van der Waals surface area contributed by atoms with Crippen LogP contribution in [0.3, 0.4) is 0 Å². The van der Waals surface area contributed by atoms with Crippen LogP contribution in [0.15, 0.2) is 18.2 Å². The van der Waals surface area contributed by atoms with Crippen molar-refractivity contribution in [1.29, 1.82) is 0 Å². The van der Waals surface area contributed by atoms with Gasteiger partial charge in [-0.25, -0.2) is 8.78 Å². The molecule has 1 atom stereocenters. The SMILES string of the molecule is [CH2]C(O)Cc1cc(F)cc(F)c1. The summed E-state index contributed by atoms with van der Waals surface area (Å²) in [5, 5.41) is 8.83. The van der Waals surface area contributed by atoms with E-state index < -0.39 is 17.7 Å². The van der Waals surface area contributed by atoms with Crippen LogP contribution in [0.2, 0.25) is 0 Å². The third-order valence-corrected chi connectivity index (χ3v) is 1.39. The molecule has 0 fully saturated rings. The molecule has 1 radical (unpaired) electrons. The molecule has 0 aliphatic rings. The molecule has 0 aromatic heterocycles. The van der Waals surface area contributed by atoms with Crippen molar-refractivity contribution in [2.24, 2.45) is 0 Å². The molecule has 0 bridgehead atoms. The molecule has 3 heteroatoms. The highest BCUT2D eigenvalue weighted by atomic mass is 19.1. The summed E-state index contributed by atoms with van der Waals surface area (Å²) in [6.45, 7) is 3.30. The Morgan fingerprint density at radius 2 is 1.75 bits per heavy atom. The van der Waals surface area contributed by atoms with Gasteiger partial charge in [0.1, 0.15) is 11.6 Å². The molecule has 12 heavy (non-hydrogen) atoms. The van der Waals surface area contributed by atoms with Gasteiger partial charge in [0.25, 0.3) is 0 Å². The molecule has 0 amide bonds. The Morgan fingerprint density at radius 1 is 1.25 bits per heavy atom. The van der Waals surface area contributed by atoms with E-state index in [1.807, 2.05) is 0 Å². The molecule has 0 aliphatic carbocycles. The van der Waals surface area contributed by atoms with E-state index in [0.717, 1.165) is 6.07 Å². The van der Waals surface area contributed by atoms with Crippen molar-refractivity contribution in [3.8, 4) is 0 Å². The van der Waals surface area contributed by atoms with Gasteiger partial charge in [-0.1, -0.05) is 0 Å². The quantitative estimate of drug-likeness (QED) is 0.718. The fourth-order valence-corrected chi connectivity index (χ4v) is 1.00. The standard InChI is InChI=1S/C9H9F2O/c1-6(12)2-7-3-8(10)5-9(11)4-7/h3-6,12H,1-2H2. The maximum absolute atomic E-state index is 12.5. The Hall–Kier alpha value is -0.960. The van der Waals surface area contributed by atoms with Crippen LogP contribution in [0.1, 0.15) is 5.56 Å². The second kappa shape index (κ2) is 3.63. The highest BCUT2D eigenvalue weighted by molar-refractivity contribution is 5.18. The molecule has 1 rings (SSSR count). The first-order valence-electron chi connectivity index (χ1n) is 3.54. The van der Waals surface area contributed by atoms with Crippen molar-refractivity contribution >= 4 is 0 Å². The molecule has 1 aromatic rings. The van der Waals surface area contributed by atoms with Crippen LogP contribution in [0.5, 0.6) is 0 Å². The lowest BCUT2D eigenvalue weighted by Crippen LogP contribution is -2.05. The molecular formula is C9H9F2O. The van der Waals surface area contributed by atoms with Crippen molar-refractivity contribution in [1.82, 2.24) is 0 Å². The number of aliphatic hydroxyl groups excluding tert-OH is 1. The normalized spacial score (nSPS) is 13.0. The summed E-state index contributed by atoms with van der Waals surface area (Å²) in [6.07, 6.45) is -0.666. The second-order valence-corrected chi connectivity index (χ2v) is 2.64. The summed E-state index contributed by atoms with van der Waals surface area (Å²) in [6, 6.07) is 3.15. The number of aliphatic hydroxyl groups is 1. The minimum Gasteiger partial charge on any atom is -0.393 e. The molecule has 1 unspecified atom stereocenters. The molecule has 1 aromatic carbocycles. The van der Waals surface area contributed by atoms with Crippen LogP contribution in [-0.2, 0) is 6.42 Å². The van der Waals surface area contributed by atoms with Crippen molar-refractivity contribution in [2.75, 3.05) is 0 Å². The fourth-order valence-electron chi connectivity index (χ4n) is 1.00. The predicted molar refractivity (Wildman–Crippen MR) is 41.4 cm³/mol. The van der Waals surface area contributed by atoms with Gasteiger partial charge < -0.3 is 5.11 Å². The first kappa shape index (κ1) is 9.13. The Labute approximate surface area is 69.7 Å². The lowest BCUT2D eigenvalue weighted by Gasteiger charge is -2.03. The number of benzene rings is 1. The van der Waals surface area contributed by atoms with Gasteiger partial charge in [-0.05, 0) is 31.0 Å². The van der Waals surface area contributed by atoms with E-state index in [1.165, 1.54) is 12.1 Å². The summed E-state index contributed by atoms with van der Waals surface area (Å²) in [7, 11) is 0. The molecule has 0 spiro atoms.